The van der Waals surface area contributed by atoms with Gasteiger partial charge in [-0.25, -0.2) is 0 Å². The minimum Gasteiger partial charge on any atom is -0.495 e. The van der Waals surface area contributed by atoms with Crippen molar-refractivity contribution in [3.05, 3.63) is 51.5 Å². The Bertz CT molecular complexity index is 662. The number of benzene rings is 2. The fourth-order valence-corrected chi connectivity index (χ4v) is 2.19. The third-order valence-electron chi connectivity index (χ3n) is 2.67. The summed E-state index contributed by atoms with van der Waals surface area (Å²) in [6.45, 7) is 0. The molecule has 0 bridgehead atoms. The van der Waals surface area contributed by atoms with E-state index in [-0.39, 0.29) is 5.91 Å². The van der Waals surface area contributed by atoms with E-state index in [1.54, 1.807) is 36.4 Å². The van der Waals surface area contributed by atoms with Crippen LogP contribution < -0.4 is 15.8 Å². The first-order valence-electron chi connectivity index (χ1n) is 5.71. The second kappa shape index (κ2) is 6.15. The van der Waals surface area contributed by atoms with Gasteiger partial charge in [0.15, 0.2) is 0 Å². The van der Waals surface area contributed by atoms with Gasteiger partial charge in [0, 0.05) is 20.7 Å². The number of nitrogens with one attached hydrogen (secondary N) is 1. The van der Waals surface area contributed by atoms with Gasteiger partial charge in [0.25, 0.3) is 5.91 Å². The molecule has 4 nitrogen and oxygen atoms in total. The van der Waals surface area contributed by atoms with Gasteiger partial charge in [0.1, 0.15) is 5.75 Å². The maximum atomic E-state index is 12.2. The van der Waals surface area contributed by atoms with Crippen molar-refractivity contribution in [2.45, 2.75) is 0 Å². The van der Waals surface area contributed by atoms with Crippen LogP contribution in [0.25, 0.3) is 0 Å². The highest BCUT2D eigenvalue weighted by molar-refractivity contribution is 9.10. The number of carbonyl (C=O) groups is 1. The molecule has 0 atom stereocenters. The number of ether oxygens (including phenoxy) is 1. The summed E-state index contributed by atoms with van der Waals surface area (Å²) >= 11 is 9.21. The average Bonchev–Trinajstić information content (AvgIpc) is 2.42. The topological polar surface area (TPSA) is 64.3 Å². The second-order valence-electron chi connectivity index (χ2n) is 4.04. The highest BCUT2D eigenvalue weighted by Gasteiger charge is 2.11. The summed E-state index contributed by atoms with van der Waals surface area (Å²) in [5.41, 5.74) is 7.25. The lowest BCUT2D eigenvalue weighted by molar-refractivity contribution is 0.102. The lowest BCUT2D eigenvalue weighted by atomic mass is 10.2. The van der Waals surface area contributed by atoms with Gasteiger partial charge >= 0.3 is 0 Å². The summed E-state index contributed by atoms with van der Waals surface area (Å²) in [4.78, 5) is 12.2. The van der Waals surface area contributed by atoms with E-state index in [1.807, 2.05) is 0 Å². The molecule has 0 aromatic heterocycles. The molecule has 0 heterocycles. The van der Waals surface area contributed by atoms with Crippen molar-refractivity contribution in [1.29, 1.82) is 0 Å². The zero-order chi connectivity index (χ0) is 14.7. The van der Waals surface area contributed by atoms with Crippen molar-refractivity contribution in [2.24, 2.45) is 0 Å². The van der Waals surface area contributed by atoms with Gasteiger partial charge in [0.2, 0.25) is 0 Å². The molecule has 0 spiro atoms. The molecule has 0 unspecified atom stereocenters. The number of hydrogen-bond donors (Lipinski definition) is 2. The molecule has 0 aliphatic carbocycles. The summed E-state index contributed by atoms with van der Waals surface area (Å²) in [7, 11) is 1.53. The molecule has 6 heteroatoms. The van der Waals surface area contributed by atoms with Crippen molar-refractivity contribution in [3.8, 4) is 5.75 Å². The van der Waals surface area contributed by atoms with Gasteiger partial charge in [-0.05, 0) is 52.3 Å². The van der Waals surface area contributed by atoms with Crippen molar-refractivity contribution in [3.63, 3.8) is 0 Å². The number of nitrogen functional groups attached to an aromatic ring is 1. The summed E-state index contributed by atoms with van der Waals surface area (Å²) < 4.78 is 5.85. The highest BCUT2D eigenvalue weighted by atomic mass is 79.9. The Morgan fingerprint density at radius 3 is 2.70 bits per heavy atom. The minimum absolute atomic E-state index is 0.272. The normalized spacial score (nSPS) is 10.2. The van der Waals surface area contributed by atoms with Crippen LogP contribution >= 0.6 is 27.5 Å². The second-order valence-corrected chi connectivity index (χ2v) is 5.33. The monoisotopic (exact) mass is 354 g/mol. The number of hydrogen-bond acceptors (Lipinski definition) is 3. The molecule has 1 amide bonds. The third kappa shape index (κ3) is 3.23. The fraction of sp³-hybridized carbons (Fsp3) is 0.0714. The third-order valence-corrected chi connectivity index (χ3v) is 3.59. The van der Waals surface area contributed by atoms with E-state index in [0.717, 1.165) is 0 Å². The highest BCUT2D eigenvalue weighted by Crippen LogP contribution is 2.28. The number of halogens is 2. The molecule has 0 saturated heterocycles. The van der Waals surface area contributed by atoms with Crippen LogP contribution in [-0.2, 0) is 0 Å². The predicted octanol–water partition coefficient (Wildman–Crippen LogP) is 3.95. The summed E-state index contributed by atoms with van der Waals surface area (Å²) in [6.07, 6.45) is 0. The van der Waals surface area contributed by atoms with Gasteiger partial charge < -0.3 is 15.8 Å². The molecule has 3 N–H and O–H groups in total. The number of nitrogens with two attached hydrogens (primary N) is 1. The Hall–Kier alpha value is -1.72. The van der Waals surface area contributed by atoms with Gasteiger partial charge in [-0.2, -0.15) is 0 Å². The Morgan fingerprint density at radius 2 is 2.05 bits per heavy atom. The first-order chi connectivity index (χ1) is 9.51. The van der Waals surface area contributed by atoms with Gasteiger partial charge in [-0.15, -0.1) is 0 Å². The van der Waals surface area contributed by atoms with Crippen LogP contribution in [0, 0.1) is 0 Å². The van der Waals surface area contributed by atoms with Crippen molar-refractivity contribution >= 4 is 44.8 Å². The molecule has 0 aliphatic rings. The van der Waals surface area contributed by atoms with Crippen LogP contribution in [0.5, 0.6) is 5.75 Å². The molecule has 104 valence electrons. The fourth-order valence-electron chi connectivity index (χ4n) is 1.64. The quantitative estimate of drug-likeness (QED) is 0.820. The lowest BCUT2D eigenvalue weighted by Crippen LogP contribution is -2.12. The minimum atomic E-state index is -0.272. The van der Waals surface area contributed by atoms with Crippen LogP contribution in [0.15, 0.2) is 40.9 Å². The predicted molar refractivity (Wildman–Crippen MR) is 84.5 cm³/mol. The smallest absolute Gasteiger partial charge is 0.255 e. The Kier molecular flexibility index (Phi) is 4.52. The number of methoxy groups -OCH3 is 1. The maximum Gasteiger partial charge on any atom is 0.255 e. The van der Waals surface area contributed by atoms with Gasteiger partial charge in [-0.1, -0.05) is 11.6 Å². The van der Waals surface area contributed by atoms with Crippen molar-refractivity contribution in [2.75, 3.05) is 18.2 Å². The van der Waals surface area contributed by atoms with Crippen LogP contribution in [0.1, 0.15) is 10.4 Å². The van der Waals surface area contributed by atoms with E-state index in [0.29, 0.717) is 32.2 Å². The van der Waals surface area contributed by atoms with E-state index in [1.165, 1.54) is 7.11 Å². The zero-order valence-electron chi connectivity index (χ0n) is 10.6. The van der Waals surface area contributed by atoms with E-state index in [4.69, 9.17) is 22.1 Å². The Labute approximate surface area is 130 Å². The van der Waals surface area contributed by atoms with Gasteiger partial charge in [-0.3, -0.25) is 4.79 Å². The standard InChI is InChI=1S/C14H12BrClN2O2/c1-20-13-5-3-9(16)7-12(13)18-14(19)8-2-4-11(17)10(15)6-8/h2-7H,17H2,1H3,(H,18,19). The zero-order valence-corrected chi connectivity index (χ0v) is 13.0. The van der Waals surface area contributed by atoms with Crippen LogP contribution in [0.2, 0.25) is 5.02 Å². The largest absolute Gasteiger partial charge is 0.495 e. The Morgan fingerprint density at radius 1 is 1.30 bits per heavy atom. The molecular formula is C14H12BrClN2O2. The number of amides is 1. The maximum absolute atomic E-state index is 12.2. The first kappa shape index (κ1) is 14.7. The van der Waals surface area contributed by atoms with E-state index in [2.05, 4.69) is 21.2 Å². The van der Waals surface area contributed by atoms with Crippen molar-refractivity contribution in [1.82, 2.24) is 0 Å². The molecule has 0 aliphatic heterocycles. The molecule has 2 aromatic carbocycles. The molecule has 20 heavy (non-hydrogen) atoms. The van der Waals surface area contributed by atoms with Crippen molar-refractivity contribution < 1.29 is 9.53 Å². The summed E-state index contributed by atoms with van der Waals surface area (Å²) in [5, 5.41) is 3.27. The number of rotatable bonds is 3. The summed E-state index contributed by atoms with van der Waals surface area (Å²) in [6, 6.07) is 9.97. The number of anilines is 2. The molecular weight excluding hydrogens is 344 g/mol. The molecule has 0 saturated carbocycles. The van der Waals surface area contributed by atoms with Gasteiger partial charge in [0.05, 0.1) is 12.8 Å². The van der Waals surface area contributed by atoms with E-state index in [9.17, 15) is 4.79 Å². The van der Waals surface area contributed by atoms with E-state index < -0.39 is 0 Å². The Balaban J connectivity index is 2.27. The average molecular weight is 356 g/mol. The molecule has 0 radical (unpaired) electrons. The summed E-state index contributed by atoms with van der Waals surface area (Å²) in [5.74, 6) is 0.267. The lowest BCUT2D eigenvalue weighted by Gasteiger charge is -2.11. The van der Waals surface area contributed by atoms with Crippen LogP contribution in [0.4, 0.5) is 11.4 Å². The number of carbonyl (C=O) groups excluding carboxylic acids is 1. The SMILES string of the molecule is COc1ccc(Cl)cc1NC(=O)c1ccc(N)c(Br)c1. The van der Waals surface area contributed by atoms with E-state index >= 15 is 0 Å². The molecule has 0 fully saturated rings. The first-order valence-corrected chi connectivity index (χ1v) is 6.88. The molecule has 2 aromatic rings. The van der Waals surface area contributed by atoms with Crippen LogP contribution in [0.3, 0.4) is 0 Å². The van der Waals surface area contributed by atoms with Crippen LogP contribution in [-0.4, -0.2) is 13.0 Å². The molecule has 2 rings (SSSR count).